The van der Waals surface area contributed by atoms with E-state index >= 15 is 0 Å². The van der Waals surface area contributed by atoms with Crippen LogP contribution >= 0.6 is 23.1 Å². The summed E-state index contributed by atoms with van der Waals surface area (Å²) in [4.78, 5) is 20.7. The largest absolute Gasteiger partial charge is 0.494 e. The molecular formula is C34H41BrN9O2P. The molecule has 4 heterocycles. The van der Waals surface area contributed by atoms with Gasteiger partial charge < -0.3 is 24.8 Å². The second-order valence-corrected chi connectivity index (χ2v) is 17.5. The number of nitrogens with one attached hydrogen (secondary N) is 2. The summed E-state index contributed by atoms with van der Waals surface area (Å²) in [7, 11) is 0.840. The smallest absolute Gasteiger partial charge is 0.229 e. The Morgan fingerprint density at radius 1 is 1.00 bits per heavy atom. The predicted molar refractivity (Wildman–Crippen MR) is 195 cm³/mol. The summed E-state index contributed by atoms with van der Waals surface area (Å²) < 4.78 is 21.9. The molecule has 1 aliphatic heterocycles. The molecule has 11 nitrogen and oxygen atoms in total. The summed E-state index contributed by atoms with van der Waals surface area (Å²) in [6.45, 7) is 12.4. The molecule has 0 spiro atoms. The van der Waals surface area contributed by atoms with Gasteiger partial charge in [-0.1, -0.05) is 20.8 Å². The maximum absolute atomic E-state index is 13.5. The highest BCUT2D eigenvalue weighted by Gasteiger charge is 2.30. The van der Waals surface area contributed by atoms with Crippen molar-refractivity contribution in [1.82, 2.24) is 29.7 Å². The Bertz CT molecular complexity index is 1980. The van der Waals surface area contributed by atoms with Crippen molar-refractivity contribution in [3.05, 3.63) is 59.7 Å². The van der Waals surface area contributed by atoms with Crippen molar-refractivity contribution >= 4 is 68.2 Å². The minimum Gasteiger partial charge on any atom is -0.494 e. The minimum atomic E-state index is -2.76. The maximum atomic E-state index is 13.5. The molecule has 1 saturated heterocycles. The van der Waals surface area contributed by atoms with E-state index in [1.807, 2.05) is 36.3 Å². The molecule has 0 amide bonds. The van der Waals surface area contributed by atoms with Crippen molar-refractivity contribution in [2.75, 3.05) is 49.1 Å². The van der Waals surface area contributed by atoms with Gasteiger partial charge in [-0.25, -0.2) is 4.98 Å². The Kier molecular flexibility index (Phi) is 9.02. The molecule has 5 aromatic rings. The zero-order valence-electron chi connectivity index (χ0n) is 27.9. The Balaban J connectivity index is 1.35. The lowest BCUT2D eigenvalue weighted by Crippen LogP contribution is -2.38. The van der Waals surface area contributed by atoms with Gasteiger partial charge in [0.05, 0.1) is 40.0 Å². The molecule has 2 N–H and O–H groups in total. The Morgan fingerprint density at radius 2 is 1.74 bits per heavy atom. The first-order chi connectivity index (χ1) is 22.3. The van der Waals surface area contributed by atoms with E-state index in [2.05, 4.69) is 84.4 Å². The third kappa shape index (κ3) is 6.99. The molecule has 0 unspecified atom stereocenters. The van der Waals surface area contributed by atoms with Crippen LogP contribution in [0.5, 0.6) is 5.75 Å². The molecule has 6 rings (SSSR count). The normalized spacial score (nSPS) is 14.4. The van der Waals surface area contributed by atoms with E-state index in [1.54, 1.807) is 39.0 Å². The number of anilines is 5. The molecule has 0 aliphatic carbocycles. The maximum Gasteiger partial charge on any atom is 0.229 e. The van der Waals surface area contributed by atoms with Crippen LogP contribution in [0.1, 0.15) is 33.6 Å². The number of ether oxygens (including phenoxy) is 1. The van der Waals surface area contributed by atoms with E-state index < -0.39 is 7.14 Å². The van der Waals surface area contributed by atoms with E-state index in [0.29, 0.717) is 55.3 Å². The van der Waals surface area contributed by atoms with Gasteiger partial charge in [0.1, 0.15) is 24.2 Å². The van der Waals surface area contributed by atoms with Gasteiger partial charge in [0, 0.05) is 67.8 Å². The minimum absolute atomic E-state index is 0.291. The van der Waals surface area contributed by atoms with Crippen LogP contribution in [-0.4, -0.2) is 63.2 Å². The monoisotopic (exact) mass is 717 g/mol. The highest BCUT2D eigenvalue weighted by molar-refractivity contribution is 9.10. The topological polar surface area (TPSA) is 123 Å². The molecule has 0 atom stereocenters. The van der Waals surface area contributed by atoms with Crippen molar-refractivity contribution in [3.8, 4) is 16.9 Å². The first kappa shape index (κ1) is 32.9. The van der Waals surface area contributed by atoms with Gasteiger partial charge in [0.25, 0.3) is 0 Å². The molecule has 0 radical (unpaired) electrons. The third-order valence-corrected chi connectivity index (χ3v) is 10.9. The number of piperidine rings is 1. The van der Waals surface area contributed by atoms with Crippen LogP contribution in [0.25, 0.3) is 22.2 Å². The third-order valence-electron chi connectivity index (χ3n) is 8.79. The average Bonchev–Trinajstić information content (AvgIpc) is 3.47. The number of nitrogens with zero attached hydrogens (tertiary/aromatic N) is 7. The summed E-state index contributed by atoms with van der Waals surface area (Å²) in [5, 5.41) is 11.9. The number of aromatic nitrogens is 6. The summed E-state index contributed by atoms with van der Waals surface area (Å²) in [5.74, 6) is 2.23. The molecule has 0 bridgehead atoms. The summed E-state index contributed by atoms with van der Waals surface area (Å²) in [6, 6.07) is 7.91. The van der Waals surface area contributed by atoms with E-state index in [4.69, 9.17) is 9.72 Å². The van der Waals surface area contributed by atoms with Crippen molar-refractivity contribution in [3.63, 3.8) is 0 Å². The molecule has 246 valence electrons. The second-order valence-electron chi connectivity index (χ2n) is 13.5. The number of hydrogen-bond acceptors (Lipinski definition) is 10. The van der Waals surface area contributed by atoms with Crippen LogP contribution < -0.4 is 25.6 Å². The zero-order valence-corrected chi connectivity index (χ0v) is 30.4. The predicted octanol–water partition coefficient (Wildman–Crippen LogP) is 7.59. The van der Waals surface area contributed by atoms with Crippen molar-refractivity contribution in [1.29, 1.82) is 0 Å². The summed E-state index contributed by atoms with van der Waals surface area (Å²) >= 11 is 3.59. The van der Waals surface area contributed by atoms with Gasteiger partial charge in [-0.15, -0.1) is 0 Å². The quantitative estimate of drug-likeness (QED) is 0.155. The Morgan fingerprint density at radius 3 is 2.40 bits per heavy atom. The number of aryl methyl sites for hydroxylation is 1. The molecule has 2 aromatic carbocycles. The fourth-order valence-corrected chi connectivity index (χ4v) is 7.99. The first-order valence-corrected chi connectivity index (χ1v) is 19.0. The lowest BCUT2D eigenvalue weighted by molar-refractivity contribution is 0.199. The fourth-order valence-electron chi connectivity index (χ4n) is 6.31. The molecule has 47 heavy (non-hydrogen) atoms. The van der Waals surface area contributed by atoms with Crippen LogP contribution in [0.15, 0.2) is 59.7 Å². The molecule has 3 aromatic heterocycles. The number of fused-ring (bicyclic) bond motifs is 1. The lowest BCUT2D eigenvalue weighted by atomic mass is 9.75. The highest BCUT2D eigenvalue weighted by Crippen LogP contribution is 2.44. The van der Waals surface area contributed by atoms with Gasteiger partial charge >= 0.3 is 0 Å². The van der Waals surface area contributed by atoms with Crippen LogP contribution in [0, 0.1) is 11.3 Å². The molecule has 13 heteroatoms. The van der Waals surface area contributed by atoms with Gasteiger partial charge in [-0.05, 0) is 71.6 Å². The Labute approximate surface area is 284 Å². The van der Waals surface area contributed by atoms with Crippen LogP contribution in [-0.2, 0) is 11.6 Å². The van der Waals surface area contributed by atoms with Crippen LogP contribution in [0.4, 0.5) is 28.8 Å². The van der Waals surface area contributed by atoms with Crippen LogP contribution in [0.2, 0.25) is 0 Å². The summed E-state index contributed by atoms with van der Waals surface area (Å²) in [6.07, 6.45) is 11.1. The van der Waals surface area contributed by atoms with Gasteiger partial charge in [-0.3, -0.25) is 14.6 Å². The molecule has 1 fully saturated rings. The van der Waals surface area contributed by atoms with Crippen LogP contribution in [0.3, 0.4) is 0 Å². The molecule has 1 aliphatic rings. The highest BCUT2D eigenvalue weighted by atomic mass is 79.9. The van der Waals surface area contributed by atoms with E-state index in [-0.39, 0.29) is 0 Å². The number of halogens is 1. The number of hydrogen-bond donors (Lipinski definition) is 2. The SMILES string of the molecule is COc1cc(N2CCC(C(C)(C)C)CC2)c(-c2cnn(C)c2)cc1Nc1ncc(Br)c(Nc2ccc3nccnc3c2P(C)(C)=O)n1. The zero-order chi connectivity index (χ0) is 33.5. The number of rotatable bonds is 8. The van der Waals surface area contributed by atoms with Gasteiger partial charge in [0.2, 0.25) is 5.95 Å². The molecule has 0 saturated carbocycles. The number of methoxy groups -OCH3 is 1. The summed E-state index contributed by atoms with van der Waals surface area (Å²) in [5.41, 5.74) is 6.12. The fraction of sp³-hybridized carbons (Fsp3) is 0.382. The van der Waals surface area contributed by atoms with Crippen molar-refractivity contribution < 1.29 is 9.30 Å². The van der Waals surface area contributed by atoms with E-state index in [0.717, 1.165) is 48.4 Å². The average molecular weight is 719 g/mol. The van der Waals surface area contributed by atoms with Crippen molar-refractivity contribution in [2.45, 2.75) is 33.6 Å². The van der Waals surface area contributed by atoms with E-state index in [9.17, 15) is 4.57 Å². The second kappa shape index (κ2) is 12.9. The number of benzene rings is 2. The lowest BCUT2D eigenvalue weighted by Gasteiger charge is -2.40. The first-order valence-electron chi connectivity index (χ1n) is 15.6. The standard InChI is InChI=1S/C34H41BrN9O2P/c1-34(2,3)22-10-14-44(15-11-22)28-17-29(46-5)27(16-23(28)21-18-39-43(4)20-21)41-33-38-19-24(35)32(42-33)40-26-9-8-25-30(37-13-12-36-25)31(26)47(6,7)45/h8-9,12-13,16-20,22H,10-11,14-15H2,1-7H3,(H2,38,40,41,42). The van der Waals surface area contributed by atoms with Gasteiger partial charge in [-0.2, -0.15) is 10.1 Å². The Hall–Kier alpha value is -4.02. The van der Waals surface area contributed by atoms with Gasteiger partial charge in [0.15, 0.2) is 0 Å². The van der Waals surface area contributed by atoms with Crippen molar-refractivity contribution in [2.24, 2.45) is 18.4 Å². The van der Waals surface area contributed by atoms with E-state index in [1.165, 1.54) is 0 Å². The molecular weight excluding hydrogens is 677 g/mol.